The Labute approximate surface area is 132 Å². The number of nitrogens with one attached hydrogen (secondary N) is 1. The minimum absolute atomic E-state index is 0.327. The van der Waals surface area contributed by atoms with Crippen molar-refractivity contribution in [1.29, 1.82) is 0 Å². The van der Waals surface area contributed by atoms with Crippen molar-refractivity contribution in [3.63, 3.8) is 0 Å². The first-order chi connectivity index (χ1) is 9.56. The maximum absolute atomic E-state index is 10.9. The first-order valence-corrected chi connectivity index (χ1v) is 7.95. The Hall–Kier alpha value is -1.08. The zero-order chi connectivity index (χ0) is 14.3. The molecule has 1 aromatic carbocycles. The standard InChI is InChI=1S/C13H13Br2N3O2/c14-8-5-9(15)11-10(6-8)16-17-12(11)7-1-3-18(4-2-7)13(19)20/h5-7H,1-4H2,(H,16,17)(H,19,20). The second kappa shape index (κ2) is 5.37. The number of piperidine rings is 1. The van der Waals surface area contributed by atoms with Gasteiger partial charge in [0.1, 0.15) is 0 Å². The Morgan fingerprint density at radius 3 is 2.70 bits per heavy atom. The molecule has 3 rings (SSSR count). The van der Waals surface area contributed by atoms with E-state index in [0.717, 1.165) is 38.4 Å². The number of aromatic amines is 1. The molecule has 1 saturated heterocycles. The summed E-state index contributed by atoms with van der Waals surface area (Å²) in [6, 6.07) is 3.99. The van der Waals surface area contributed by atoms with Gasteiger partial charge in [-0.05, 0) is 40.9 Å². The highest BCUT2D eigenvalue weighted by molar-refractivity contribution is 9.11. The normalized spacial score (nSPS) is 16.8. The number of hydrogen-bond donors (Lipinski definition) is 2. The molecular formula is C13H13Br2N3O2. The number of carboxylic acid groups (broad SMARTS) is 1. The van der Waals surface area contributed by atoms with Gasteiger partial charge < -0.3 is 10.0 Å². The molecule has 20 heavy (non-hydrogen) atoms. The summed E-state index contributed by atoms with van der Waals surface area (Å²) in [6.45, 7) is 1.16. The van der Waals surface area contributed by atoms with E-state index in [-0.39, 0.29) is 0 Å². The van der Waals surface area contributed by atoms with Crippen molar-refractivity contribution < 1.29 is 9.90 Å². The summed E-state index contributed by atoms with van der Waals surface area (Å²) in [5, 5.41) is 17.6. The van der Waals surface area contributed by atoms with Crippen molar-refractivity contribution in [3.8, 4) is 0 Å². The van der Waals surface area contributed by atoms with Gasteiger partial charge >= 0.3 is 6.09 Å². The van der Waals surface area contributed by atoms with Crippen LogP contribution < -0.4 is 0 Å². The number of rotatable bonds is 1. The molecule has 1 aromatic heterocycles. The van der Waals surface area contributed by atoms with Gasteiger partial charge in [0.2, 0.25) is 0 Å². The van der Waals surface area contributed by atoms with Crippen LogP contribution in [0.2, 0.25) is 0 Å². The third kappa shape index (κ3) is 2.44. The third-order valence-corrected chi connectivity index (χ3v) is 4.86. The first kappa shape index (κ1) is 13.9. The van der Waals surface area contributed by atoms with Gasteiger partial charge in [-0.2, -0.15) is 5.10 Å². The molecule has 0 saturated carbocycles. The van der Waals surface area contributed by atoms with Gasteiger partial charge in [-0.3, -0.25) is 5.10 Å². The summed E-state index contributed by atoms with van der Waals surface area (Å²) in [4.78, 5) is 12.4. The minimum Gasteiger partial charge on any atom is -0.465 e. The Morgan fingerprint density at radius 2 is 2.05 bits per heavy atom. The molecule has 0 bridgehead atoms. The van der Waals surface area contributed by atoms with Gasteiger partial charge in [0.25, 0.3) is 0 Å². The number of amides is 1. The van der Waals surface area contributed by atoms with E-state index in [4.69, 9.17) is 5.11 Å². The average Bonchev–Trinajstić information content (AvgIpc) is 2.82. The van der Waals surface area contributed by atoms with Crippen LogP contribution in [0.25, 0.3) is 10.9 Å². The Morgan fingerprint density at radius 1 is 1.35 bits per heavy atom. The van der Waals surface area contributed by atoms with Crippen molar-refractivity contribution >= 4 is 48.9 Å². The van der Waals surface area contributed by atoms with E-state index >= 15 is 0 Å². The van der Waals surface area contributed by atoms with Gasteiger partial charge in [0, 0.05) is 39.0 Å². The van der Waals surface area contributed by atoms with E-state index in [1.807, 2.05) is 12.1 Å². The monoisotopic (exact) mass is 401 g/mol. The number of halogens is 2. The average molecular weight is 403 g/mol. The molecular weight excluding hydrogens is 390 g/mol. The van der Waals surface area contributed by atoms with Crippen molar-refractivity contribution in [3.05, 3.63) is 26.8 Å². The zero-order valence-electron chi connectivity index (χ0n) is 10.6. The fourth-order valence-corrected chi connectivity index (χ4v) is 4.16. The molecule has 2 N–H and O–H groups in total. The van der Waals surface area contributed by atoms with Crippen LogP contribution in [0, 0.1) is 0 Å². The van der Waals surface area contributed by atoms with Crippen LogP contribution in [-0.2, 0) is 0 Å². The summed E-state index contributed by atoms with van der Waals surface area (Å²) in [7, 11) is 0. The van der Waals surface area contributed by atoms with Gasteiger partial charge in [-0.25, -0.2) is 4.79 Å². The van der Waals surface area contributed by atoms with E-state index in [9.17, 15) is 4.79 Å². The van der Waals surface area contributed by atoms with Gasteiger partial charge in [-0.1, -0.05) is 15.9 Å². The van der Waals surface area contributed by atoms with E-state index in [1.165, 1.54) is 4.90 Å². The molecule has 0 atom stereocenters. The van der Waals surface area contributed by atoms with Crippen LogP contribution >= 0.6 is 31.9 Å². The zero-order valence-corrected chi connectivity index (χ0v) is 13.7. The van der Waals surface area contributed by atoms with Crippen molar-refractivity contribution in [2.75, 3.05) is 13.1 Å². The lowest BCUT2D eigenvalue weighted by molar-refractivity contribution is 0.132. The van der Waals surface area contributed by atoms with Crippen molar-refractivity contribution in [2.45, 2.75) is 18.8 Å². The molecule has 7 heteroatoms. The number of nitrogens with zero attached hydrogens (tertiary/aromatic N) is 2. The first-order valence-electron chi connectivity index (χ1n) is 6.37. The second-order valence-electron chi connectivity index (χ2n) is 4.96. The molecule has 2 heterocycles. The maximum Gasteiger partial charge on any atom is 0.407 e. The predicted molar refractivity (Wildman–Crippen MR) is 83.1 cm³/mol. The molecule has 1 aliphatic heterocycles. The lowest BCUT2D eigenvalue weighted by Gasteiger charge is -2.29. The topological polar surface area (TPSA) is 69.2 Å². The number of benzene rings is 1. The smallest absolute Gasteiger partial charge is 0.407 e. The fraction of sp³-hybridized carbons (Fsp3) is 0.385. The van der Waals surface area contributed by atoms with Crippen LogP contribution in [-0.4, -0.2) is 39.4 Å². The van der Waals surface area contributed by atoms with E-state index < -0.39 is 6.09 Å². The molecule has 1 amide bonds. The molecule has 106 valence electrons. The van der Waals surface area contributed by atoms with E-state index in [0.29, 0.717) is 19.0 Å². The number of fused-ring (bicyclic) bond motifs is 1. The van der Waals surface area contributed by atoms with Gasteiger partial charge in [-0.15, -0.1) is 0 Å². The SMILES string of the molecule is O=C(O)N1CCC(c2[nH]nc3cc(Br)cc(Br)c23)CC1. The highest BCUT2D eigenvalue weighted by Crippen LogP contribution is 2.36. The molecule has 0 aliphatic carbocycles. The van der Waals surface area contributed by atoms with Gasteiger partial charge in [0.05, 0.1) is 5.52 Å². The summed E-state index contributed by atoms with van der Waals surface area (Å²) in [6.07, 6.45) is 0.820. The molecule has 1 aliphatic rings. The predicted octanol–water partition coefficient (Wildman–Crippen LogP) is 3.95. The number of H-pyrrole nitrogens is 1. The van der Waals surface area contributed by atoms with Crippen LogP contribution in [0.4, 0.5) is 4.79 Å². The fourth-order valence-electron chi connectivity index (χ4n) is 2.75. The molecule has 0 radical (unpaired) electrons. The molecule has 0 unspecified atom stereocenters. The van der Waals surface area contributed by atoms with Crippen LogP contribution in [0.15, 0.2) is 21.1 Å². The van der Waals surface area contributed by atoms with Gasteiger partial charge in [0.15, 0.2) is 0 Å². The number of hydrogen-bond acceptors (Lipinski definition) is 2. The Kier molecular flexibility index (Phi) is 3.72. The largest absolute Gasteiger partial charge is 0.465 e. The number of carbonyl (C=O) groups is 1. The van der Waals surface area contributed by atoms with E-state index in [1.54, 1.807) is 0 Å². The van der Waals surface area contributed by atoms with Crippen LogP contribution in [0.1, 0.15) is 24.5 Å². The highest BCUT2D eigenvalue weighted by Gasteiger charge is 2.26. The minimum atomic E-state index is -0.831. The Balaban J connectivity index is 1.90. The van der Waals surface area contributed by atoms with Crippen LogP contribution in [0.5, 0.6) is 0 Å². The third-order valence-electron chi connectivity index (χ3n) is 3.77. The molecule has 5 nitrogen and oxygen atoms in total. The van der Waals surface area contributed by atoms with Crippen molar-refractivity contribution in [1.82, 2.24) is 15.1 Å². The highest BCUT2D eigenvalue weighted by atomic mass is 79.9. The quantitative estimate of drug-likeness (QED) is 0.758. The Bertz CT molecular complexity index is 663. The number of aromatic nitrogens is 2. The second-order valence-corrected chi connectivity index (χ2v) is 6.73. The molecule has 2 aromatic rings. The summed E-state index contributed by atoms with van der Waals surface area (Å²) in [5.74, 6) is 0.327. The number of likely N-dealkylation sites (tertiary alicyclic amines) is 1. The lowest BCUT2D eigenvalue weighted by Crippen LogP contribution is -2.36. The lowest BCUT2D eigenvalue weighted by atomic mass is 9.92. The summed E-state index contributed by atoms with van der Waals surface area (Å²) in [5.41, 5.74) is 2.02. The summed E-state index contributed by atoms with van der Waals surface area (Å²) < 4.78 is 1.99. The molecule has 0 spiro atoms. The molecule has 1 fully saturated rings. The van der Waals surface area contributed by atoms with E-state index in [2.05, 4.69) is 42.1 Å². The van der Waals surface area contributed by atoms with Crippen LogP contribution in [0.3, 0.4) is 0 Å². The summed E-state index contributed by atoms with van der Waals surface area (Å²) >= 11 is 7.04. The maximum atomic E-state index is 10.9. The van der Waals surface area contributed by atoms with Crippen molar-refractivity contribution in [2.24, 2.45) is 0 Å².